The summed E-state index contributed by atoms with van der Waals surface area (Å²) in [4.78, 5) is 47.9. The number of rotatable bonds is 7. The molecular weight excluding hydrogens is 455 g/mol. The van der Waals surface area contributed by atoms with Gasteiger partial charge >= 0.3 is 5.97 Å². The summed E-state index contributed by atoms with van der Waals surface area (Å²) in [5.74, 6) is -2.40. The number of carbonyl (C=O) groups excluding carboxylic acids is 2. The maximum absolute atomic E-state index is 14.3. The van der Waals surface area contributed by atoms with Crippen LogP contribution in [0.5, 0.6) is 0 Å². The zero-order chi connectivity index (χ0) is 24.9. The van der Waals surface area contributed by atoms with Crippen molar-refractivity contribution in [3.8, 4) is 0 Å². The number of aromatic nitrogens is 3. The molecular formula is C25H23FN4O5. The summed E-state index contributed by atoms with van der Waals surface area (Å²) in [6.45, 7) is 2.29. The van der Waals surface area contributed by atoms with Crippen molar-refractivity contribution in [3.05, 3.63) is 87.5 Å². The molecule has 0 fully saturated rings. The molecule has 1 aromatic carbocycles. The first kappa shape index (κ1) is 24.0. The molecule has 4 aromatic rings. The molecule has 4 rings (SSSR count). The molecule has 3 heterocycles. The van der Waals surface area contributed by atoms with Gasteiger partial charge < -0.3 is 14.0 Å². The van der Waals surface area contributed by atoms with Crippen LogP contribution >= 0.6 is 0 Å². The fraction of sp³-hybridized carbons (Fsp3) is 0.240. The zero-order valence-electron chi connectivity index (χ0n) is 19.2. The van der Waals surface area contributed by atoms with Gasteiger partial charge in [-0.05, 0) is 43.7 Å². The highest BCUT2D eigenvalue weighted by molar-refractivity contribution is 5.97. The number of amides is 1. The Morgan fingerprint density at radius 1 is 1.11 bits per heavy atom. The minimum Gasteiger partial charge on any atom is -0.462 e. The first-order chi connectivity index (χ1) is 17.0. The molecule has 0 atom stereocenters. The van der Waals surface area contributed by atoms with Gasteiger partial charge in [0, 0.05) is 26.5 Å². The number of pyridine rings is 2. The third-order valence-corrected chi connectivity index (χ3v) is 5.33. The minimum absolute atomic E-state index is 0.0657. The van der Waals surface area contributed by atoms with E-state index in [1.165, 1.54) is 33.2 Å². The molecule has 0 N–H and O–H groups in total. The normalized spacial score (nSPS) is 11.8. The Morgan fingerprint density at radius 3 is 2.63 bits per heavy atom. The molecule has 3 aromatic heterocycles. The Hall–Kier alpha value is -4.18. The van der Waals surface area contributed by atoms with E-state index in [0.717, 1.165) is 6.07 Å². The molecule has 0 unspecified atom stereocenters. The summed E-state index contributed by atoms with van der Waals surface area (Å²) in [5, 5.41) is 0.145. The van der Waals surface area contributed by atoms with E-state index in [1.54, 1.807) is 38.4 Å². The van der Waals surface area contributed by atoms with Crippen molar-refractivity contribution >= 4 is 28.6 Å². The van der Waals surface area contributed by atoms with E-state index in [9.17, 15) is 18.8 Å². The summed E-state index contributed by atoms with van der Waals surface area (Å²) in [5.41, 5.74) is -0.226. The van der Waals surface area contributed by atoms with Crippen molar-refractivity contribution in [3.63, 3.8) is 0 Å². The number of esters is 1. The molecule has 0 saturated carbocycles. The fourth-order valence-electron chi connectivity index (χ4n) is 3.73. The lowest BCUT2D eigenvalue weighted by Gasteiger charge is -2.15. The van der Waals surface area contributed by atoms with Crippen LogP contribution in [0.2, 0.25) is 0 Å². The van der Waals surface area contributed by atoms with Crippen LogP contribution in [0.15, 0.2) is 64.5 Å². The number of carbonyl (C=O) groups is 2. The van der Waals surface area contributed by atoms with Crippen LogP contribution in [0.4, 0.5) is 4.39 Å². The number of aryl methyl sites for hydroxylation is 1. The van der Waals surface area contributed by atoms with Gasteiger partial charge in [0.2, 0.25) is 0 Å². The second-order valence-electron chi connectivity index (χ2n) is 7.58. The van der Waals surface area contributed by atoms with E-state index >= 15 is 0 Å². The van der Waals surface area contributed by atoms with Gasteiger partial charge in [0.25, 0.3) is 11.5 Å². The highest BCUT2D eigenvalue weighted by Crippen LogP contribution is 2.13. The van der Waals surface area contributed by atoms with Gasteiger partial charge in [-0.2, -0.15) is 4.99 Å². The molecule has 35 heavy (non-hydrogen) atoms. The zero-order valence-corrected chi connectivity index (χ0v) is 19.2. The van der Waals surface area contributed by atoms with Gasteiger partial charge in [-0.1, -0.05) is 18.2 Å². The quantitative estimate of drug-likeness (QED) is 0.230. The summed E-state index contributed by atoms with van der Waals surface area (Å²) in [6.07, 6.45) is 2.04. The summed E-state index contributed by atoms with van der Waals surface area (Å²) in [6, 6.07) is 11.8. The van der Waals surface area contributed by atoms with Gasteiger partial charge in [0.15, 0.2) is 5.49 Å². The van der Waals surface area contributed by atoms with Crippen molar-refractivity contribution < 1.29 is 23.5 Å². The monoisotopic (exact) mass is 478 g/mol. The van der Waals surface area contributed by atoms with Crippen LogP contribution in [0, 0.1) is 5.82 Å². The average Bonchev–Trinajstić information content (AvgIpc) is 2.85. The van der Waals surface area contributed by atoms with Crippen LogP contribution in [0.1, 0.15) is 34.1 Å². The molecule has 0 bridgehead atoms. The number of fused-ring (bicyclic) bond motifs is 2. The van der Waals surface area contributed by atoms with E-state index in [1.807, 2.05) is 0 Å². The summed E-state index contributed by atoms with van der Waals surface area (Å²) in [7, 11) is 1.54. The maximum atomic E-state index is 14.3. The van der Waals surface area contributed by atoms with Crippen molar-refractivity contribution in [1.29, 1.82) is 0 Å². The van der Waals surface area contributed by atoms with E-state index in [4.69, 9.17) is 9.47 Å². The van der Waals surface area contributed by atoms with Crippen LogP contribution in [-0.4, -0.2) is 46.2 Å². The second kappa shape index (κ2) is 10.4. The average molecular weight is 478 g/mol. The Bertz CT molecular complexity index is 1560. The van der Waals surface area contributed by atoms with E-state index in [2.05, 4.69) is 9.98 Å². The molecule has 0 aliphatic carbocycles. The lowest BCUT2D eigenvalue weighted by molar-refractivity contribution is 0.0523. The van der Waals surface area contributed by atoms with Crippen LogP contribution in [0.3, 0.4) is 0 Å². The first-order valence-electron chi connectivity index (χ1n) is 11.0. The Kier molecular flexibility index (Phi) is 7.11. The minimum atomic E-state index is -0.883. The number of hydrogen-bond acceptors (Lipinski definition) is 6. The van der Waals surface area contributed by atoms with Gasteiger partial charge in [-0.3, -0.25) is 14.0 Å². The van der Waals surface area contributed by atoms with Crippen molar-refractivity contribution in [2.45, 2.75) is 19.9 Å². The van der Waals surface area contributed by atoms with Gasteiger partial charge in [-0.15, -0.1) is 0 Å². The van der Waals surface area contributed by atoms with Gasteiger partial charge in [0.05, 0.1) is 17.6 Å². The Morgan fingerprint density at radius 2 is 1.89 bits per heavy atom. The van der Waals surface area contributed by atoms with Crippen molar-refractivity contribution in [1.82, 2.24) is 14.0 Å². The lowest BCUT2D eigenvalue weighted by atomic mass is 10.2. The number of ether oxygens (including phenoxy) is 2. The summed E-state index contributed by atoms with van der Waals surface area (Å²) >= 11 is 0. The van der Waals surface area contributed by atoms with Gasteiger partial charge in [0.1, 0.15) is 22.7 Å². The number of benzene rings is 1. The molecule has 1 amide bonds. The topological polar surface area (TPSA) is 104 Å². The number of nitrogens with zero attached hydrogens (tertiary/aromatic N) is 4. The van der Waals surface area contributed by atoms with E-state index in [0.29, 0.717) is 18.7 Å². The highest BCUT2D eigenvalue weighted by Gasteiger charge is 2.21. The third-order valence-electron chi connectivity index (χ3n) is 5.33. The van der Waals surface area contributed by atoms with Gasteiger partial charge in [-0.25, -0.2) is 14.2 Å². The molecule has 0 radical (unpaired) electrons. The molecule has 180 valence electrons. The van der Waals surface area contributed by atoms with Crippen molar-refractivity contribution in [2.24, 2.45) is 4.99 Å². The SMILES string of the molecule is CCOC(=O)c1cc2c(=O)n3ccccc3nc2n(CCCOC)c1=NC(=O)c1ccccc1F. The predicted molar refractivity (Wildman–Crippen MR) is 126 cm³/mol. The largest absolute Gasteiger partial charge is 0.462 e. The van der Waals surface area contributed by atoms with E-state index in [-0.39, 0.29) is 40.8 Å². The lowest BCUT2D eigenvalue weighted by Crippen LogP contribution is -2.33. The summed E-state index contributed by atoms with van der Waals surface area (Å²) < 4.78 is 27.5. The molecule has 0 aliphatic rings. The third kappa shape index (κ3) is 4.73. The number of halogens is 1. The first-order valence-corrected chi connectivity index (χ1v) is 11.0. The molecule has 10 heteroatoms. The highest BCUT2D eigenvalue weighted by atomic mass is 19.1. The standard InChI is InChI=1S/C25H23FN4O5/c1-3-35-25(33)18-15-17-21(27-20-11-6-7-12-29(20)24(17)32)30(13-8-14-34-2)22(18)28-23(31)16-9-4-5-10-19(16)26/h4-7,9-12,15H,3,8,13-14H2,1-2H3. The van der Waals surface area contributed by atoms with E-state index < -0.39 is 23.3 Å². The fourth-order valence-corrected chi connectivity index (χ4v) is 3.73. The van der Waals surface area contributed by atoms with Crippen LogP contribution < -0.4 is 11.0 Å². The Balaban J connectivity index is 2.10. The smallest absolute Gasteiger partial charge is 0.341 e. The Labute approximate surface area is 199 Å². The molecule has 0 spiro atoms. The van der Waals surface area contributed by atoms with Crippen LogP contribution in [0.25, 0.3) is 16.7 Å². The number of hydrogen-bond donors (Lipinski definition) is 0. The maximum Gasteiger partial charge on any atom is 0.341 e. The molecule has 0 aliphatic heterocycles. The van der Waals surface area contributed by atoms with Crippen LogP contribution in [-0.2, 0) is 16.0 Å². The second-order valence-corrected chi connectivity index (χ2v) is 7.58. The molecule has 0 saturated heterocycles. The molecule has 9 nitrogen and oxygen atoms in total. The number of methoxy groups -OCH3 is 1. The predicted octanol–water partition coefficient (Wildman–Crippen LogP) is 2.74. The van der Waals surface area contributed by atoms with Crippen molar-refractivity contribution in [2.75, 3.05) is 20.3 Å².